The first-order valence-electron chi connectivity index (χ1n) is 26.4. The molecule has 78 heavy (non-hydrogen) atoms. The zero-order chi connectivity index (χ0) is 50.6. The number of fused-ring (bicyclic) bond motifs is 28. The lowest BCUT2D eigenvalue weighted by molar-refractivity contribution is 0.348. The molecule has 2 spiro atoms. The SMILES string of the molecule is c1ccc2c(c1)Oc1ccccc1C21c2cc(-n3c4ccccc4c4ccc5c6ccccc6sc5c43)oc2C2(c3ccccc3Oc3ccccc32)c2cc(-n3c4ccccc4c4ccc5c6ccccc6sc5c43)oc21. The van der Waals surface area contributed by atoms with E-state index in [1.807, 2.05) is 22.7 Å². The van der Waals surface area contributed by atoms with E-state index in [0.717, 1.165) is 101 Å². The average Bonchev–Trinajstić information content (AvgIpc) is 4.46. The number of nitrogens with zero attached hydrogens (tertiary/aromatic N) is 2. The van der Waals surface area contributed by atoms with Crippen molar-refractivity contribution in [1.82, 2.24) is 9.13 Å². The number of aromatic nitrogens is 2. The number of hydrogen-bond acceptors (Lipinski definition) is 6. The van der Waals surface area contributed by atoms with Crippen molar-refractivity contribution in [2.24, 2.45) is 0 Å². The maximum Gasteiger partial charge on any atom is 0.205 e. The quantitative estimate of drug-likeness (QED) is 0.173. The lowest BCUT2D eigenvalue weighted by atomic mass is 9.54. The Hall–Kier alpha value is -9.60. The number of benzene rings is 10. The fourth-order valence-electron chi connectivity index (χ4n) is 14.3. The predicted octanol–water partition coefficient (Wildman–Crippen LogP) is 19.1. The van der Waals surface area contributed by atoms with Crippen LogP contribution in [0.1, 0.15) is 44.9 Å². The first-order valence-corrected chi connectivity index (χ1v) is 28.0. The molecule has 8 heteroatoms. The second-order valence-corrected chi connectivity index (χ2v) is 23.0. The summed E-state index contributed by atoms with van der Waals surface area (Å²) >= 11 is 3.68. The van der Waals surface area contributed by atoms with Crippen LogP contribution in [-0.4, -0.2) is 9.13 Å². The van der Waals surface area contributed by atoms with Crippen LogP contribution in [0.3, 0.4) is 0 Å². The van der Waals surface area contributed by atoms with Crippen molar-refractivity contribution in [3.63, 3.8) is 0 Å². The number of rotatable bonds is 2. The summed E-state index contributed by atoms with van der Waals surface area (Å²) in [5.41, 5.74) is 7.91. The topological polar surface area (TPSA) is 54.6 Å². The van der Waals surface area contributed by atoms with Crippen molar-refractivity contribution >= 4 is 107 Å². The van der Waals surface area contributed by atoms with E-state index in [-0.39, 0.29) is 0 Å². The number of para-hydroxylation sites is 6. The third-order valence-corrected chi connectivity index (χ3v) is 19.7. The Morgan fingerprint density at radius 3 is 1.04 bits per heavy atom. The molecule has 0 amide bonds. The van der Waals surface area contributed by atoms with Gasteiger partial charge in [-0.25, -0.2) is 0 Å². The van der Waals surface area contributed by atoms with E-state index >= 15 is 0 Å². The van der Waals surface area contributed by atoms with Crippen molar-refractivity contribution in [3.05, 3.63) is 275 Å². The van der Waals surface area contributed by atoms with E-state index in [0.29, 0.717) is 11.8 Å². The molecule has 2 aliphatic heterocycles. The molecule has 19 rings (SSSR count). The highest BCUT2D eigenvalue weighted by Gasteiger charge is 2.63. The molecule has 8 heterocycles. The van der Waals surface area contributed by atoms with Crippen LogP contribution in [0.25, 0.3) is 95.7 Å². The summed E-state index contributed by atoms with van der Waals surface area (Å²) in [6, 6.07) is 82.9. The van der Waals surface area contributed by atoms with Crippen molar-refractivity contribution in [2.75, 3.05) is 0 Å². The number of thiophene rings is 2. The van der Waals surface area contributed by atoms with Crippen molar-refractivity contribution in [1.29, 1.82) is 0 Å². The smallest absolute Gasteiger partial charge is 0.205 e. The van der Waals surface area contributed by atoms with Gasteiger partial charge in [0.2, 0.25) is 11.8 Å². The van der Waals surface area contributed by atoms with Crippen LogP contribution in [-0.2, 0) is 10.8 Å². The monoisotopic (exact) mass is 1030 g/mol. The Bertz CT molecular complexity index is 4860. The Balaban J connectivity index is 1.02. The van der Waals surface area contributed by atoms with Gasteiger partial charge < -0.3 is 18.3 Å². The van der Waals surface area contributed by atoms with Crippen LogP contribution in [0.2, 0.25) is 0 Å². The van der Waals surface area contributed by atoms with Gasteiger partial charge in [-0.3, -0.25) is 9.13 Å². The van der Waals surface area contributed by atoms with Gasteiger partial charge in [0, 0.05) is 98.0 Å². The summed E-state index contributed by atoms with van der Waals surface area (Å²) in [6.45, 7) is 0. The molecule has 364 valence electrons. The second kappa shape index (κ2) is 14.7. The summed E-state index contributed by atoms with van der Waals surface area (Å²) in [6.07, 6.45) is 0. The first-order chi connectivity index (χ1) is 38.7. The van der Waals surface area contributed by atoms with Gasteiger partial charge in [0.1, 0.15) is 45.3 Å². The molecular weight excluding hydrogens is 997 g/mol. The minimum Gasteiger partial charge on any atom is -0.457 e. The largest absolute Gasteiger partial charge is 0.457 e. The second-order valence-electron chi connectivity index (χ2n) is 20.9. The van der Waals surface area contributed by atoms with E-state index in [1.54, 1.807) is 0 Å². The van der Waals surface area contributed by atoms with E-state index in [1.165, 1.54) is 51.1 Å². The van der Waals surface area contributed by atoms with E-state index in [9.17, 15) is 0 Å². The summed E-state index contributed by atoms with van der Waals surface area (Å²) in [5, 5.41) is 9.59. The maximum atomic E-state index is 8.17. The van der Waals surface area contributed by atoms with Gasteiger partial charge >= 0.3 is 0 Å². The average molecular weight is 1040 g/mol. The summed E-state index contributed by atoms with van der Waals surface area (Å²) < 4.78 is 40.1. The fourth-order valence-corrected chi connectivity index (χ4v) is 16.8. The molecule has 0 bridgehead atoms. The highest BCUT2D eigenvalue weighted by Crippen LogP contribution is 2.68. The third kappa shape index (κ3) is 4.91. The lowest BCUT2D eigenvalue weighted by Crippen LogP contribution is -2.46. The molecule has 0 atom stereocenters. The van der Waals surface area contributed by atoms with E-state index in [2.05, 4.69) is 240 Å². The van der Waals surface area contributed by atoms with Gasteiger partial charge in [-0.2, -0.15) is 0 Å². The molecule has 0 fully saturated rings. The fraction of sp³-hybridized carbons (Fsp3) is 0.0286. The molecule has 6 aromatic heterocycles. The normalized spacial score (nSPS) is 14.6. The number of furan rings is 2. The third-order valence-electron chi connectivity index (χ3n) is 17.3. The minimum atomic E-state index is -1.11. The molecule has 6 nitrogen and oxygen atoms in total. The van der Waals surface area contributed by atoms with Gasteiger partial charge in [-0.15, -0.1) is 22.7 Å². The maximum absolute atomic E-state index is 8.17. The van der Waals surface area contributed by atoms with Crippen molar-refractivity contribution < 1.29 is 18.3 Å². The van der Waals surface area contributed by atoms with Crippen LogP contribution >= 0.6 is 22.7 Å². The minimum absolute atomic E-state index is 0.706. The van der Waals surface area contributed by atoms with Crippen LogP contribution in [0.5, 0.6) is 23.0 Å². The van der Waals surface area contributed by atoms with Crippen LogP contribution < -0.4 is 9.47 Å². The van der Waals surface area contributed by atoms with Gasteiger partial charge in [0.15, 0.2) is 0 Å². The highest BCUT2D eigenvalue weighted by molar-refractivity contribution is 7.27. The molecule has 1 aliphatic carbocycles. The molecule has 10 aromatic carbocycles. The van der Waals surface area contributed by atoms with Crippen molar-refractivity contribution in [2.45, 2.75) is 10.8 Å². The molecule has 0 N–H and O–H groups in total. The molecule has 3 aliphatic rings. The molecule has 0 saturated heterocycles. The van der Waals surface area contributed by atoms with Crippen LogP contribution in [0.4, 0.5) is 0 Å². The van der Waals surface area contributed by atoms with Gasteiger partial charge in [-0.1, -0.05) is 170 Å². The number of ether oxygens (including phenoxy) is 2. The van der Waals surface area contributed by atoms with Gasteiger partial charge in [0.25, 0.3) is 0 Å². The molecular formula is C70H38N2O4S2. The predicted molar refractivity (Wildman–Crippen MR) is 316 cm³/mol. The highest BCUT2D eigenvalue weighted by atomic mass is 32.1. The Labute approximate surface area is 452 Å². The number of hydrogen-bond donors (Lipinski definition) is 0. The standard InChI is InChI=1S/C70H38N2O4S2/c1-9-25-53-39(17-1)43-33-35-45-41-19-3-15-31-59(41)77-65(45)63(43)71(53)61-37-51-67(75-61)70(49-23-7-13-29-57(49)74-58-30-14-8-24-50(58)70)52-38-62(76-68(52)69(51)47-21-5-11-27-55(47)73-56-28-12-6-22-48(56)69)72-54-26-10-2-18-40(54)44-34-36-46-42-20-4-16-32-60(42)78-66(46)64(44)72/h1-38H. The van der Waals surface area contributed by atoms with E-state index in [4.69, 9.17) is 18.3 Å². The molecule has 16 aromatic rings. The Morgan fingerprint density at radius 1 is 0.295 bits per heavy atom. The zero-order valence-electron chi connectivity index (χ0n) is 41.3. The summed E-state index contributed by atoms with van der Waals surface area (Å²) in [4.78, 5) is 0. The summed E-state index contributed by atoms with van der Waals surface area (Å²) in [7, 11) is 0. The van der Waals surface area contributed by atoms with Crippen LogP contribution in [0, 0.1) is 0 Å². The Morgan fingerprint density at radius 2 is 0.628 bits per heavy atom. The van der Waals surface area contributed by atoms with Gasteiger partial charge in [0.05, 0.1) is 31.5 Å². The lowest BCUT2D eigenvalue weighted by Gasteiger charge is -2.48. The molecule has 0 radical (unpaired) electrons. The van der Waals surface area contributed by atoms with Gasteiger partial charge in [-0.05, 0) is 48.5 Å². The summed E-state index contributed by atoms with van der Waals surface area (Å²) in [5.74, 6) is 6.01. The molecule has 0 saturated carbocycles. The first kappa shape index (κ1) is 41.6. The van der Waals surface area contributed by atoms with Crippen LogP contribution in [0.15, 0.2) is 239 Å². The van der Waals surface area contributed by atoms with E-state index < -0.39 is 10.8 Å². The molecule has 0 unspecified atom stereocenters. The zero-order valence-corrected chi connectivity index (χ0v) is 42.9. The Kier molecular flexibility index (Phi) is 7.82. The van der Waals surface area contributed by atoms with Crippen molar-refractivity contribution in [3.8, 4) is 34.8 Å².